The van der Waals surface area contributed by atoms with Crippen LogP contribution >= 0.6 is 0 Å². The smallest absolute Gasteiger partial charge is 0.307 e. The Morgan fingerprint density at radius 3 is 2.67 bits per heavy atom. The average Bonchev–Trinajstić information content (AvgIpc) is 2.40. The summed E-state index contributed by atoms with van der Waals surface area (Å²) >= 11 is 0. The summed E-state index contributed by atoms with van der Waals surface area (Å²) in [4.78, 5) is 12.9. The van der Waals surface area contributed by atoms with Crippen LogP contribution in [-0.4, -0.2) is 24.2 Å². The van der Waals surface area contributed by atoms with Crippen LogP contribution in [0.15, 0.2) is 30.3 Å². The van der Waals surface area contributed by atoms with Gasteiger partial charge in [0.15, 0.2) is 0 Å². The van der Waals surface area contributed by atoms with E-state index in [4.69, 9.17) is 5.11 Å². The molecule has 1 heterocycles. The minimum atomic E-state index is -0.790. The maximum absolute atomic E-state index is 10.5. The van der Waals surface area contributed by atoms with Crippen molar-refractivity contribution in [1.82, 2.24) is 0 Å². The van der Waals surface area contributed by atoms with E-state index in [9.17, 15) is 4.79 Å². The zero-order valence-corrected chi connectivity index (χ0v) is 10.5. The highest BCUT2D eigenvalue weighted by Crippen LogP contribution is 2.25. The molecule has 1 fully saturated rings. The van der Waals surface area contributed by atoms with E-state index in [0.717, 1.165) is 18.7 Å². The van der Waals surface area contributed by atoms with E-state index in [2.05, 4.69) is 11.0 Å². The molecule has 3 heteroatoms. The van der Waals surface area contributed by atoms with Crippen molar-refractivity contribution in [2.24, 2.45) is 0 Å². The third-order valence-electron chi connectivity index (χ3n) is 3.22. The van der Waals surface area contributed by atoms with Crippen molar-refractivity contribution in [2.75, 3.05) is 18.0 Å². The molecule has 1 saturated heterocycles. The Labute approximate surface area is 108 Å². The molecule has 0 saturated carbocycles. The molecule has 18 heavy (non-hydrogen) atoms. The molecule has 1 aliphatic heterocycles. The molecule has 0 amide bonds. The largest absolute Gasteiger partial charge is 0.481 e. The van der Waals surface area contributed by atoms with Gasteiger partial charge in [0.1, 0.15) is 0 Å². The van der Waals surface area contributed by atoms with Gasteiger partial charge in [0, 0.05) is 18.8 Å². The van der Waals surface area contributed by atoms with Crippen molar-refractivity contribution in [3.8, 4) is 0 Å². The standard InChI is InChI=1S/C15H19NO2/c17-15(18)10-6-8-13-7-2-3-9-14(13)16-11-4-1-5-12-16/h2-3,6-9H,1,4-5,10-12H2,(H,17,18). The van der Waals surface area contributed by atoms with Gasteiger partial charge < -0.3 is 10.0 Å². The number of benzene rings is 1. The lowest BCUT2D eigenvalue weighted by Gasteiger charge is -2.30. The number of para-hydroxylation sites is 1. The molecular formula is C15H19NO2. The lowest BCUT2D eigenvalue weighted by atomic mass is 10.1. The quantitative estimate of drug-likeness (QED) is 0.885. The molecule has 1 aromatic carbocycles. The van der Waals surface area contributed by atoms with Gasteiger partial charge >= 0.3 is 5.97 Å². The first-order valence-electron chi connectivity index (χ1n) is 6.49. The summed E-state index contributed by atoms with van der Waals surface area (Å²) in [7, 11) is 0. The number of piperidine rings is 1. The van der Waals surface area contributed by atoms with Gasteiger partial charge in [0.05, 0.1) is 6.42 Å². The molecule has 1 aromatic rings. The van der Waals surface area contributed by atoms with Gasteiger partial charge in [0.25, 0.3) is 0 Å². The second-order valence-corrected chi connectivity index (χ2v) is 4.61. The Kier molecular flexibility index (Phi) is 4.40. The fraction of sp³-hybridized carbons (Fsp3) is 0.400. The Morgan fingerprint density at radius 2 is 1.94 bits per heavy atom. The second kappa shape index (κ2) is 6.24. The molecule has 0 aromatic heterocycles. The monoisotopic (exact) mass is 245 g/mol. The summed E-state index contributed by atoms with van der Waals surface area (Å²) in [5.74, 6) is -0.790. The molecule has 1 aliphatic rings. The zero-order chi connectivity index (χ0) is 12.8. The predicted octanol–water partition coefficient (Wildman–Crippen LogP) is 3.16. The van der Waals surface area contributed by atoms with Crippen molar-refractivity contribution in [3.05, 3.63) is 35.9 Å². The molecule has 0 atom stereocenters. The average molecular weight is 245 g/mol. The summed E-state index contributed by atoms with van der Waals surface area (Å²) in [6, 6.07) is 8.19. The number of hydrogen-bond donors (Lipinski definition) is 1. The number of carbonyl (C=O) groups is 1. The molecule has 2 rings (SSSR count). The van der Waals surface area contributed by atoms with Crippen LogP contribution in [0.2, 0.25) is 0 Å². The van der Waals surface area contributed by atoms with Gasteiger partial charge in [0.2, 0.25) is 0 Å². The topological polar surface area (TPSA) is 40.5 Å². The van der Waals surface area contributed by atoms with E-state index < -0.39 is 5.97 Å². The van der Waals surface area contributed by atoms with Gasteiger partial charge in [-0.05, 0) is 30.9 Å². The number of carboxylic acid groups (broad SMARTS) is 1. The van der Waals surface area contributed by atoms with Crippen LogP contribution in [0.25, 0.3) is 6.08 Å². The van der Waals surface area contributed by atoms with Crippen molar-refractivity contribution in [3.63, 3.8) is 0 Å². The molecule has 0 aliphatic carbocycles. The Balaban J connectivity index is 2.14. The van der Waals surface area contributed by atoms with Crippen LogP contribution < -0.4 is 4.90 Å². The maximum Gasteiger partial charge on any atom is 0.307 e. The summed E-state index contributed by atoms with van der Waals surface area (Å²) in [5, 5.41) is 8.65. The fourth-order valence-corrected chi connectivity index (χ4v) is 2.34. The van der Waals surface area contributed by atoms with Crippen molar-refractivity contribution in [2.45, 2.75) is 25.7 Å². The van der Waals surface area contributed by atoms with Crippen LogP contribution in [0, 0.1) is 0 Å². The number of hydrogen-bond acceptors (Lipinski definition) is 2. The normalized spacial score (nSPS) is 16.1. The van der Waals surface area contributed by atoms with E-state index in [1.165, 1.54) is 24.9 Å². The van der Waals surface area contributed by atoms with Gasteiger partial charge in [-0.3, -0.25) is 4.79 Å². The van der Waals surface area contributed by atoms with Crippen molar-refractivity contribution < 1.29 is 9.90 Å². The summed E-state index contributed by atoms with van der Waals surface area (Å²) < 4.78 is 0. The SMILES string of the molecule is O=C(O)CC=Cc1ccccc1N1CCCCC1. The van der Waals surface area contributed by atoms with E-state index in [-0.39, 0.29) is 6.42 Å². The molecule has 96 valence electrons. The maximum atomic E-state index is 10.5. The predicted molar refractivity (Wildman–Crippen MR) is 73.8 cm³/mol. The Morgan fingerprint density at radius 1 is 1.22 bits per heavy atom. The van der Waals surface area contributed by atoms with Gasteiger partial charge in [-0.1, -0.05) is 30.4 Å². The first kappa shape index (κ1) is 12.7. The molecule has 3 nitrogen and oxygen atoms in total. The minimum Gasteiger partial charge on any atom is -0.481 e. The third-order valence-corrected chi connectivity index (χ3v) is 3.22. The summed E-state index contributed by atoms with van der Waals surface area (Å²) in [6.07, 6.45) is 7.51. The first-order valence-corrected chi connectivity index (χ1v) is 6.49. The lowest BCUT2D eigenvalue weighted by Crippen LogP contribution is -2.29. The molecular weight excluding hydrogens is 226 g/mol. The molecule has 0 radical (unpaired) electrons. The number of carboxylic acids is 1. The number of nitrogens with zero attached hydrogens (tertiary/aromatic N) is 1. The fourth-order valence-electron chi connectivity index (χ4n) is 2.34. The van der Waals surface area contributed by atoms with Gasteiger partial charge in [-0.25, -0.2) is 0 Å². The highest BCUT2D eigenvalue weighted by molar-refractivity contribution is 5.73. The Hall–Kier alpha value is -1.77. The number of aliphatic carboxylic acids is 1. The zero-order valence-electron chi connectivity index (χ0n) is 10.5. The van der Waals surface area contributed by atoms with Crippen LogP contribution in [0.3, 0.4) is 0 Å². The van der Waals surface area contributed by atoms with E-state index in [1.807, 2.05) is 24.3 Å². The second-order valence-electron chi connectivity index (χ2n) is 4.61. The highest BCUT2D eigenvalue weighted by Gasteiger charge is 2.12. The van der Waals surface area contributed by atoms with Gasteiger partial charge in [-0.2, -0.15) is 0 Å². The van der Waals surface area contributed by atoms with Crippen LogP contribution in [0.5, 0.6) is 0 Å². The van der Waals surface area contributed by atoms with E-state index >= 15 is 0 Å². The van der Waals surface area contributed by atoms with E-state index in [0.29, 0.717) is 0 Å². The third kappa shape index (κ3) is 3.36. The molecule has 0 spiro atoms. The van der Waals surface area contributed by atoms with Crippen LogP contribution in [-0.2, 0) is 4.79 Å². The van der Waals surface area contributed by atoms with Crippen molar-refractivity contribution >= 4 is 17.7 Å². The summed E-state index contributed by atoms with van der Waals surface area (Å²) in [6.45, 7) is 2.20. The summed E-state index contributed by atoms with van der Waals surface area (Å²) in [5.41, 5.74) is 2.33. The first-order chi connectivity index (χ1) is 8.77. The lowest BCUT2D eigenvalue weighted by molar-refractivity contribution is -0.135. The molecule has 0 unspecified atom stereocenters. The van der Waals surface area contributed by atoms with Crippen LogP contribution in [0.1, 0.15) is 31.2 Å². The minimum absolute atomic E-state index is 0.0777. The van der Waals surface area contributed by atoms with Crippen molar-refractivity contribution in [1.29, 1.82) is 0 Å². The number of rotatable bonds is 4. The molecule has 0 bridgehead atoms. The van der Waals surface area contributed by atoms with Gasteiger partial charge in [-0.15, -0.1) is 0 Å². The number of anilines is 1. The Bertz CT molecular complexity index is 434. The highest BCUT2D eigenvalue weighted by atomic mass is 16.4. The van der Waals surface area contributed by atoms with E-state index in [1.54, 1.807) is 6.08 Å². The molecule has 1 N–H and O–H groups in total. The van der Waals surface area contributed by atoms with Crippen LogP contribution in [0.4, 0.5) is 5.69 Å².